The van der Waals surface area contributed by atoms with Gasteiger partial charge in [-0.2, -0.15) is 0 Å². The van der Waals surface area contributed by atoms with Gasteiger partial charge in [0.1, 0.15) is 0 Å². The zero-order valence-electron chi connectivity index (χ0n) is 11.5. The molecule has 1 amide bonds. The van der Waals surface area contributed by atoms with Crippen LogP contribution in [0.5, 0.6) is 0 Å². The molecule has 0 atom stereocenters. The number of aromatic nitrogens is 1. The van der Waals surface area contributed by atoms with E-state index in [4.69, 9.17) is 5.73 Å². The molecular weight excluding hydrogens is 250 g/mol. The summed E-state index contributed by atoms with van der Waals surface area (Å²) in [6.07, 6.45) is 2.58. The quantitative estimate of drug-likeness (QED) is 0.806. The van der Waals surface area contributed by atoms with E-state index < -0.39 is 0 Å². The zero-order chi connectivity index (χ0) is 14.1. The average Bonchev–Trinajstić information content (AvgIpc) is 2.46. The Bertz CT molecular complexity index is 667. The molecule has 0 bridgehead atoms. The summed E-state index contributed by atoms with van der Waals surface area (Å²) in [4.78, 5) is 18.6. The molecule has 0 fully saturated rings. The van der Waals surface area contributed by atoms with Crippen LogP contribution in [0.25, 0.3) is 0 Å². The summed E-state index contributed by atoms with van der Waals surface area (Å²) in [5.41, 5.74) is 10.5. The monoisotopic (exact) mass is 267 g/mol. The maximum Gasteiger partial charge on any atom is 0.256 e. The van der Waals surface area contributed by atoms with Crippen LogP contribution in [0.1, 0.15) is 27.2 Å². The minimum absolute atomic E-state index is 0.0451. The third-order valence-electron chi connectivity index (χ3n) is 3.77. The summed E-state index contributed by atoms with van der Waals surface area (Å²) >= 11 is 0. The second-order valence-electron chi connectivity index (χ2n) is 5.14. The number of pyridine rings is 1. The van der Waals surface area contributed by atoms with Gasteiger partial charge >= 0.3 is 0 Å². The van der Waals surface area contributed by atoms with Crippen LogP contribution in [-0.4, -0.2) is 22.3 Å². The standard InChI is InChI=1S/C16H17N3O/c1-11-15(3-2-7-18-11)16(20)19-8-6-12-4-5-14(17)9-13(12)10-19/h2-5,7,9H,6,8,10,17H2,1H3. The first-order valence-corrected chi connectivity index (χ1v) is 6.73. The third-order valence-corrected chi connectivity index (χ3v) is 3.77. The van der Waals surface area contributed by atoms with Crippen molar-refractivity contribution in [1.82, 2.24) is 9.88 Å². The molecule has 0 saturated heterocycles. The van der Waals surface area contributed by atoms with Crippen LogP contribution in [0.4, 0.5) is 5.69 Å². The van der Waals surface area contributed by atoms with Crippen LogP contribution in [0.3, 0.4) is 0 Å². The van der Waals surface area contributed by atoms with Gasteiger partial charge in [0, 0.05) is 30.7 Å². The van der Waals surface area contributed by atoms with E-state index in [1.54, 1.807) is 12.3 Å². The fourth-order valence-electron chi connectivity index (χ4n) is 2.63. The lowest BCUT2D eigenvalue weighted by Crippen LogP contribution is -2.36. The molecule has 2 heterocycles. The van der Waals surface area contributed by atoms with Crippen LogP contribution in [0.15, 0.2) is 36.5 Å². The molecule has 0 aliphatic carbocycles. The highest BCUT2D eigenvalue weighted by molar-refractivity contribution is 5.95. The molecule has 0 unspecified atom stereocenters. The minimum Gasteiger partial charge on any atom is -0.399 e. The highest BCUT2D eigenvalue weighted by atomic mass is 16.2. The molecule has 1 aromatic heterocycles. The number of nitrogens with two attached hydrogens (primary N) is 1. The normalized spacial score (nSPS) is 13.9. The minimum atomic E-state index is 0.0451. The van der Waals surface area contributed by atoms with E-state index in [2.05, 4.69) is 11.1 Å². The number of fused-ring (bicyclic) bond motifs is 1. The lowest BCUT2D eigenvalue weighted by atomic mass is 9.98. The summed E-state index contributed by atoms with van der Waals surface area (Å²) in [5, 5.41) is 0. The van der Waals surface area contributed by atoms with Crippen molar-refractivity contribution in [3.8, 4) is 0 Å². The second-order valence-corrected chi connectivity index (χ2v) is 5.14. The Morgan fingerprint density at radius 2 is 2.15 bits per heavy atom. The molecule has 3 rings (SSSR count). The molecule has 20 heavy (non-hydrogen) atoms. The Morgan fingerprint density at radius 1 is 1.30 bits per heavy atom. The molecular formula is C16H17N3O. The van der Waals surface area contributed by atoms with Crippen LogP contribution in [-0.2, 0) is 13.0 Å². The molecule has 2 N–H and O–H groups in total. The largest absolute Gasteiger partial charge is 0.399 e. The molecule has 0 spiro atoms. The Hall–Kier alpha value is -2.36. The van der Waals surface area contributed by atoms with Crippen LogP contribution in [0.2, 0.25) is 0 Å². The molecule has 2 aromatic rings. The van der Waals surface area contributed by atoms with Crippen molar-refractivity contribution in [2.45, 2.75) is 19.9 Å². The molecule has 102 valence electrons. The van der Waals surface area contributed by atoms with Gasteiger partial charge in [-0.25, -0.2) is 0 Å². The van der Waals surface area contributed by atoms with Gasteiger partial charge in [0.05, 0.1) is 5.56 Å². The summed E-state index contributed by atoms with van der Waals surface area (Å²) in [7, 11) is 0. The fourth-order valence-corrected chi connectivity index (χ4v) is 2.63. The SMILES string of the molecule is Cc1ncccc1C(=O)N1CCc2ccc(N)cc2C1. The number of amides is 1. The summed E-state index contributed by atoms with van der Waals surface area (Å²) in [6.45, 7) is 3.22. The summed E-state index contributed by atoms with van der Waals surface area (Å²) < 4.78 is 0. The predicted molar refractivity (Wildman–Crippen MR) is 78.3 cm³/mol. The van der Waals surface area contributed by atoms with E-state index in [1.165, 1.54) is 5.56 Å². The summed E-state index contributed by atoms with van der Waals surface area (Å²) in [5.74, 6) is 0.0451. The van der Waals surface area contributed by atoms with E-state index in [9.17, 15) is 4.79 Å². The molecule has 1 aromatic carbocycles. The van der Waals surface area contributed by atoms with Crippen molar-refractivity contribution < 1.29 is 4.79 Å². The number of carbonyl (C=O) groups excluding carboxylic acids is 1. The van der Waals surface area contributed by atoms with E-state index in [-0.39, 0.29) is 5.91 Å². The van der Waals surface area contributed by atoms with Crippen molar-refractivity contribution in [1.29, 1.82) is 0 Å². The van der Waals surface area contributed by atoms with Gasteiger partial charge in [-0.1, -0.05) is 6.07 Å². The first kappa shape index (κ1) is 12.7. The van der Waals surface area contributed by atoms with Crippen LogP contribution in [0, 0.1) is 6.92 Å². The fraction of sp³-hybridized carbons (Fsp3) is 0.250. The number of nitrogen functional groups attached to an aromatic ring is 1. The molecule has 4 nitrogen and oxygen atoms in total. The van der Waals surface area contributed by atoms with Gasteiger partial charge in [0.15, 0.2) is 0 Å². The van der Waals surface area contributed by atoms with Crippen LogP contribution < -0.4 is 5.73 Å². The first-order chi connectivity index (χ1) is 9.65. The highest BCUT2D eigenvalue weighted by Crippen LogP contribution is 2.23. The Labute approximate surface area is 118 Å². The number of aryl methyl sites for hydroxylation is 1. The van der Waals surface area contributed by atoms with Crippen molar-refractivity contribution in [3.63, 3.8) is 0 Å². The smallest absolute Gasteiger partial charge is 0.256 e. The zero-order valence-corrected chi connectivity index (χ0v) is 11.5. The number of nitrogens with zero attached hydrogens (tertiary/aromatic N) is 2. The van der Waals surface area contributed by atoms with E-state index >= 15 is 0 Å². The Morgan fingerprint density at radius 3 is 2.95 bits per heavy atom. The first-order valence-electron chi connectivity index (χ1n) is 6.73. The van der Waals surface area contributed by atoms with E-state index in [1.807, 2.05) is 30.0 Å². The van der Waals surface area contributed by atoms with Gasteiger partial charge in [-0.3, -0.25) is 9.78 Å². The van der Waals surface area contributed by atoms with Gasteiger partial charge < -0.3 is 10.6 Å². The molecule has 4 heteroatoms. The number of carbonyl (C=O) groups is 1. The summed E-state index contributed by atoms with van der Waals surface area (Å²) in [6, 6.07) is 9.57. The molecule has 0 radical (unpaired) electrons. The second kappa shape index (κ2) is 4.96. The maximum absolute atomic E-state index is 12.6. The van der Waals surface area contributed by atoms with Gasteiger partial charge in [0.25, 0.3) is 5.91 Å². The van der Waals surface area contributed by atoms with Crippen molar-refractivity contribution in [2.75, 3.05) is 12.3 Å². The number of hydrogen-bond donors (Lipinski definition) is 1. The number of anilines is 1. The van der Waals surface area contributed by atoms with Gasteiger partial charge in [0.2, 0.25) is 0 Å². The molecule has 1 aliphatic rings. The van der Waals surface area contributed by atoms with E-state index in [0.717, 1.165) is 29.9 Å². The lowest BCUT2D eigenvalue weighted by molar-refractivity contribution is 0.0733. The Kier molecular flexibility index (Phi) is 3.14. The Balaban J connectivity index is 1.87. The van der Waals surface area contributed by atoms with Gasteiger partial charge in [-0.15, -0.1) is 0 Å². The molecule has 1 aliphatic heterocycles. The van der Waals surface area contributed by atoms with Gasteiger partial charge in [-0.05, 0) is 48.7 Å². The predicted octanol–water partition coefficient (Wildman–Crippen LogP) is 2.17. The van der Waals surface area contributed by atoms with Crippen molar-refractivity contribution in [2.24, 2.45) is 0 Å². The highest BCUT2D eigenvalue weighted by Gasteiger charge is 2.23. The van der Waals surface area contributed by atoms with Crippen molar-refractivity contribution in [3.05, 3.63) is 58.9 Å². The van der Waals surface area contributed by atoms with Crippen molar-refractivity contribution >= 4 is 11.6 Å². The third kappa shape index (κ3) is 2.25. The lowest BCUT2D eigenvalue weighted by Gasteiger charge is -2.29. The average molecular weight is 267 g/mol. The maximum atomic E-state index is 12.6. The number of benzene rings is 1. The number of hydrogen-bond acceptors (Lipinski definition) is 3. The molecule has 0 saturated carbocycles. The van der Waals surface area contributed by atoms with Crippen LogP contribution >= 0.6 is 0 Å². The topological polar surface area (TPSA) is 59.2 Å². The number of rotatable bonds is 1. The van der Waals surface area contributed by atoms with E-state index in [0.29, 0.717) is 12.1 Å².